The molecule has 0 saturated carbocycles. The first-order valence-electron chi connectivity index (χ1n) is 8.88. The first kappa shape index (κ1) is 19.1. The lowest BCUT2D eigenvalue weighted by molar-refractivity contribution is 0.0964. The van der Waals surface area contributed by atoms with Crippen LogP contribution in [-0.4, -0.2) is 30.6 Å². The first-order valence-corrected chi connectivity index (χ1v) is 8.88. The molecule has 0 aliphatic rings. The van der Waals surface area contributed by atoms with Crippen LogP contribution >= 0.6 is 0 Å². The fraction of sp³-hybridized carbons (Fsp3) is 0.136. The first-order chi connectivity index (χ1) is 13.7. The molecule has 28 heavy (non-hydrogen) atoms. The fourth-order valence-corrected chi connectivity index (χ4v) is 2.72. The number of nitrogens with one attached hydrogen (secondary N) is 2. The predicted octanol–water partition coefficient (Wildman–Crippen LogP) is 3.44. The van der Waals surface area contributed by atoms with E-state index in [9.17, 15) is 9.59 Å². The number of carbonyl (C=O) groups excluding carboxylic acids is 2. The molecular formula is C22H21N3O3. The van der Waals surface area contributed by atoms with Crippen LogP contribution in [-0.2, 0) is 6.42 Å². The summed E-state index contributed by atoms with van der Waals surface area (Å²) in [6.45, 7) is 0.419. The van der Waals surface area contributed by atoms with E-state index in [1.807, 2.05) is 42.5 Å². The Labute approximate surface area is 163 Å². The molecule has 0 aliphatic carbocycles. The van der Waals surface area contributed by atoms with Gasteiger partial charge in [-0.05, 0) is 59.5 Å². The minimum atomic E-state index is -0.521. The maximum absolute atomic E-state index is 12.3. The van der Waals surface area contributed by atoms with Crippen molar-refractivity contribution in [2.75, 3.05) is 13.7 Å². The van der Waals surface area contributed by atoms with Crippen LogP contribution in [0.3, 0.4) is 0 Å². The minimum absolute atomic E-state index is 0.416. The lowest BCUT2D eigenvalue weighted by atomic mass is 10.0. The van der Waals surface area contributed by atoms with Crippen molar-refractivity contribution >= 4 is 11.9 Å². The van der Waals surface area contributed by atoms with Crippen LogP contribution in [0.5, 0.6) is 5.75 Å². The van der Waals surface area contributed by atoms with Crippen molar-refractivity contribution in [3.63, 3.8) is 0 Å². The van der Waals surface area contributed by atoms with Crippen LogP contribution in [0.2, 0.25) is 0 Å². The van der Waals surface area contributed by atoms with Gasteiger partial charge in [0.2, 0.25) is 0 Å². The highest BCUT2D eigenvalue weighted by Gasteiger charge is 2.11. The maximum atomic E-state index is 12.3. The second-order valence-corrected chi connectivity index (χ2v) is 6.12. The molecule has 0 spiro atoms. The molecule has 0 bridgehead atoms. The Morgan fingerprint density at radius 1 is 0.964 bits per heavy atom. The van der Waals surface area contributed by atoms with Crippen LogP contribution in [0.4, 0.5) is 4.79 Å². The monoisotopic (exact) mass is 375 g/mol. The Kier molecular flexibility index (Phi) is 6.36. The smallest absolute Gasteiger partial charge is 0.321 e. The second-order valence-electron chi connectivity index (χ2n) is 6.12. The summed E-state index contributed by atoms with van der Waals surface area (Å²) in [7, 11) is 1.62. The van der Waals surface area contributed by atoms with Crippen LogP contribution in [0, 0.1) is 0 Å². The van der Waals surface area contributed by atoms with Gasteiger partial charge in [-0.2, -0.15) is 0 Å². The molecule has 0 radical (unpaired) electrons. The van der Waals surface area contributed by atoms with Gasteiger partial charge in [0, 0.05) is 24.5 Å². The number of methoxy groups -OCH3 is 1. The highest BCUT2D eigenvalue weighted by Crippen LogP contribution is 2.19. The van der Waals surface area contributed by atoms with Crippen molar-refractivity contribution in [1.29, 1.82) is 0 Å². The average Bonchev–Trinajstić information content (AvgIpc) is 2.75. The second kappa shape index (κ2) is 9.32. The number of pyridine rings is 1. The van der Waals surface area contributed by atoms with Gasteiger partial charge < -0.3 is 10.1 Å². The number of benzene rings is 2. The third-order valence-corrected chi connectivity index (χ3v) is 4.22. The van der Waals surface area contributed by atoms with E-state index in [1.54, 1.807) is 37.7 Å². The summed E-state index contributed by atoms with van der Waals surface area (Å²) in [4.78, 5) is 28.3. The standard InChI is InChI=1S/C22H21N3O3/c1-28-20-7-5-16(6-8-20)9-14-24-22(27)25-21(26)19-4-2-3-18(15-19)17-10-12-23-13-11-17/h2-8,10-13,15H,9,14H2,1H3,(H2,24,25,26,27). The van der Waals surface area contributed by atoms with Gasteiger partial charge in [-0.3, -0.25) is 15.1 Å². The van der Waals surface area contributed by atoms with Crippen molar-refractivity contribution in [2.45, 2.75) is 6.42 Å². The van der Waals surface area contributed by atoms with E-state index >= 15 is 0 Å². The van der Waals surface area contributed by atoms with Crippen LogP contribution in [0.15, 0.2) is 73.1 Å². The van der Waals surface area contributed by atoms with Gasteiger partial charge in [0.1, 0.15) is 5.75 Å². The van der Waals surface area contributed by atoms with Gasteiger partial charge in [-0.15, -0.1) is 0 Å². The van der Waals surface area contributed by atoms with E-state index in [-0.39, 0.29) is 0 Å². The molecule has 2 aromatic carbocycles. The highest BCUT2D eigenvalue weighted by atomic mass is 16.5. The van der Waals surface area contributed by atoms with Crippen molar-refractivity contribution < 1.29 is 14.3 Å². The molecule has 3 amide bonds. The molecule has 6 nitrogen and oxygen atoms in total. The Morgan fingerprint density at radius 3 is 2.43 bits per heavy atom. The number of carbonyl (C=O) groups is 2. The predicted molar refractivity (Wildman–Crippen MR) is 107 cm³/mol. The molecule has 0 unspecified atom stereocenters. The molecule has 3 aromatic rings. The SMILES string of the molecule is COc1ccc(CCNC(=O)NC(=O)c2cccc(-c3ccncc3)c2)cc1. The van der Waals surface area contributed by atoms with E-state index in [2.05, 4.69) is 15.6 Å². The van der Waals surface area contributed by atoms with Crippen LogP contribution in [0.1, 0.15) is 15.9 Å². The molecule has 0 fully saturated rings. The van der Waals surface area contributed by atoms with E-state index in [4.69, 9.17) is 4.74 Å². The van der Waals surface area contributed by atoms with E-state index < -0.39 is 11.9 Å². The quantitative estimate of drug-likeness (QED) is 0.692. The number of imide groups is 1. The zero-order valence-corrected chi connectivity index (χ0v) is 15.5. The van der Waals surface area contributed by atoms with Gasteiger partial charge in [0.25, 0.3) is 5.91 Å². The number of aromatic nitrogens is 1. The summed E-state index contributed by atoms with van der Waals surface area (Å²) in [6.07, 6.45) is 4.04. The number of hydrogen-bond donors (Lipinski definition) is 2. The number of urea groups is 1. The van der Waals surface area contributed by atoms with Crippen molar-refractivity contribution in [3.05, 3.63) is 84.2 Å². The highest BCUT2D eigenvalue weighted by molar-refractivity contribution is 6.04. The van der Waals surface area contributed by atoms with Gasteiger partial charge in [-0.25, -0.2) is 4.79 Å². The molecule has 142 valence electrons. The zero-order chi connectivity index (χ0) is 19.8. The Morgan fingerprint density at radius 2 is 1.71 bits per heavy atom. The maximum Gasteiger partial charge on any atom is 0.321 e. The Hall–Kier alpha value is -3.67. The van der Waals surface area contributed by atoms with Gasteiger partial charge in [0.05, 0.1) is 7.11 Å². The van der Waals surface area contributed by atoms with Gasteiger partial charge >= 0.3 is 6.03 Å². The lowest BCUT2D eigenvalue weighted by Gasteiger charge is -2.08. The molecule has 0 atom stereocenters. The average molecular weight is 375 g/mol. The Balaban J connectivity index is 1.52. The Bertz CT molecular complexity index is 941. The van der Waals surface area contributed by atoms with Crippen molar-refractivity contribution in [2.24, 2.45) is 0 Å². The van der Waals surface area contributed by atoms with Crippen LogP contribution < -0.4 is 15.4 Å². The zero-order valence-electron chi connectivity index (χ0n) is 15.5. The topological polar surface area (TPSA) is 80.3 Å². The number of amides is 3. The molecule has 1 heterocycles. The number of rotatable bonds is 6. The van der Waals surface area contributed by atoms with Crippen molar-refractivity contribution in [1.82, 2.24) is 15.6 Å². The van der Waals surface area contributed by atoms with E-state index in [0.717, 1.165) is 22.4 Å². The molecule has 2 N–H and O–H groups in total. The van der Waals surface area contributed by atoms with Crippen LogP contribution in [0.25, 0.3) is 11.1 Å². The van der Waals surface area contributed by atoms with E-state index in [0.29, 0.717) is 18.5 Å². The lowest BCUT2D eigenvalue weighted by Crippen LogP contribution is -2.40. The summed E-state index contributed by atoms with van der Waals surface area (Å²) < 4.78 is 5.11. The largest absolute Gasteiger partial charge is 0.497 e. The molecule has 3 rings (SSSR count). The molecule has 0 aliphatic heterocycles. The number of hydrogen-bond acceptors (Lipinski definition) is 4. The fourth-order valence-electron chi connectivity index (χ4n) is 2.72. The van der Waals surface area contributed by atoms with Crippen molar-refractivity contribution in [3.8, 4) is 16.9 Å². The summed E-state index contributed by atoms with van der Waals surface area (Å²) in [5.41, 5.74) is 3.32. The molecular weight excluding hydrogens is 354 g/mol. The van der Waals surface area contributed by atoms with Gasteiger partial charge in [-0.1, -0.05) is 24.3 Å². The molecule has 6 heteroatoms. The van der Waals surface area contributed by atoms with E-state index in [1.165, 1.54) is 0 Å². The third kappa shape index (κ3) is 5.17. The van der Waals surface area contributed by atoms with Gasteiger partial charge in [0.15, 0.2) is 0 Å². The summed E-state index contributed by atoms with van der Waals surface area (Å²) >= 11 is 0. The number of ether oxygens (including phenoxy) is 1. The summed E-state index contributed by atoms with van der Waals surface area (Å²) in [5.74, 6) is 0.340. The molecule has 1 aromatic heterocycles. The third-order valence-electron chi connectivity index (χ3n) is 4.22. The normalized spacial score (nSPS) is 10.2. The summed E-state index contributed by atoms with van der Waals surface area (Å²) in [5, 5.41) is 5.05. The molecule has 0 saturated heterocycles. The summed E-state index contributed by atoms with van der Waals surface area (Å²) in [6, 6.07) is 17.9. The number of nitrogens with zero attached hydrogens (tertiary/aromatic N) is 1. The minimum Gasteiger partial charge on any atom is -0.497 e.